The minimum atomic E-state index is -0.495. The molecule has 0 heterocycles. The second-order valence-electron chi connectivity index (χ2n) is 36.5. The second kappa shape index (κ2) is 62.2. The number of carbonyl (C=O) groups is 3. The highest BCUT2D eigenvalue weighted by Gasteiger charge is 2.31. The van der Waals surface area contributed by atoms with E-state index in [2.05, 4.69) is 123 Å². The summed E-state index contributed by atoms with van der Waals surface area (Å²) in [7, 11) is 1.73. The number of halogens is 3. The molecule has 664 valence electrons. The molecule has 0 radical (unpaired) electrons. The van der Waals surface area contributed by atoms with Gasteiger partial charge in [-0.1, -0.05) is 296 Å². The Hall–Kier alpha value is -5.90. The van der Waals surface area contributed by atoms with Crippen molar-refractivity contribution in [2.45, 2.75) is 434 Å². The zero-order valence-corrected chi connectivity index (χ0v) is 76.8. The van der Waals surface area contributed by atoms with E-state index in [0.717, 1.165) is 180 Å². The number of ether oxygens (including phenoxy) is 4. The third-order valence-corrected chi connectivity index (χ3v) is 27.0. The molecular weight excluding hydrogens is 1470 g/mol. The fourth-order valence-corrected chi connectivity index (χ4v) is 19.0. The summed E-state index contributed by atoms with van der Waals surface area (Å²) in [6.07, 6.45) is 66.6. The molecule has 5 aliphatic rings. The van der Waals surface area contributed by atoms with Gasteiger partial charge >= 0.3 is 17.9 Å². The summed E-state index contributed by atoms with van der Waals surface area (Å²) in [6.45, 7) is 21.9. The van der Waals surface area contributed by atoms with Crippen LogP contribution < -0.4 is 14.2 Å². The number of unbranched alkanes of at least 4 members (excludes halogenated alkanes) is 16. The first-order valence-electron chi connectivity index (χ1n) is 49.1. The Morgan fingerprint density at radius 1 is 0.347 bits per heavy atom. The Kier molecular flexibility index (Phi) is 54.1. The van der Waals surface area contributed by atoms with Gasteiger partial charge in [0.15, 0.2) is 11.6 Å². The molecule has 5 aromatic rings. The molecule has 0 atom stereocenters. The van der Waals surface area contributed by atoms with Gasteiger partial charge in [-0.2, -0.15) is 0 Å². The maximum Gasteiger partial charge on any atom is 0.341 e. The lowest BCUT2D eigenvalue weighted by Gasteiger charge is -2.29. The van der Waals surface area contributed by atoms with E-state index in [4.69, 9.17) is 18.9 Å². The van der Waals surface area contributed by atoms with Crippen LogP contribution in [-0.4, -0.2) is 31.1 Å². The smallest absolute Gasteiger partial charge is 0.341 e. The number of benzene rings is 5. The summed E-state index contributed by atoms with van der Waals surface area (Å²) >= 11 is 0. The van der Waals surface area contributed by atoms with Crippen LogP contribution in [0.15, 0.2) is 103 Å². The van der Waals surface area contributed by atoms with Crippen molar-refractivity contribution in [3.63, 3.8) is 0 Å². The molecule has 118 heavy (non-hydrogen) atoms. The molecule has 5 fully saturated rings. The van der Waals surface area contributed by atoms with E-state index >= 15 is 0 Å². The highest BCUT2D eigenvalue weighted by Crippen LogP contribution is 2.41. The van der Waals surface area contributed by atoms with Crippen molar-refractivity contribution in [2.24, 2.45) is 41.4 Å². The number of carbonyl (C=O) groups excluding carboxylic acids is 3. The van der Waals surface area contributed by atoms with Crippen LogP contribution >= 0.6 is 0 Å². The summed E-state index contributed by atoms with van der Waals surface area (Å²) in [6, 6.07) is 34.8. The summed E-state index contributed by atoms with van der Waals surface area (Å²) < 4.78 is 50.8. The number of aryl methyl sites for hydroxylation is 4. The Morgan fingerprint density at radius 2 is 0.695 bits per heavy atom. The maximum atomic E-state index is 14.7. The zero-order chi connectivity index (χ0) is 84.0. The fraction of sp³-hybridized carbons (Fsp3) is 0.694. The van der Waals surface area contributed by atoms with Crippen molar-refractivity contribution in [2.75, 3.05) is 7.11 Å². The molecular formula is C108H169F3O7. The summed E-state index contributed by atoms with van der Waals surface area (Å²) in [4.78, 5) is 37.3. The van der Waals surface area contributed by atoms with Crippen molar-refractivity contribution in [3.8, 4) is 17.2 Å². The standard InChI is InChI=1S/C24H37FO2.C23H35FO2.C23H36O2.C20H32.C18H28O.FH/c1-4-6-8-10-19-12-15-21(16-13-19)27-24(26)22-17-14-20(11-9-7-5-2)18(3)23(22)25;1-3-5-7-9-18-11-14-20(15-12-18)23(25)26-22-16-13-19(17-21(22)24)10-8-6-4-2;1-3-5-7-9-19-11-15-21(16-12-19)23(24)25-22-17-13-20(14-18-22)10-8-6-4-2;1-3-5-6-8-18-11-15-20(16-12-18)19-13-9-17(7-4-2)10-14-19;1-3-4-5-6-15-7-9-16(10-8-15)17-11-13-18(19-2)14-12-17;/h14,17,19,21H,4-13,15-16H2,1-3H3;13,16-18,20H,3-12,14-15H2,1-2H3;13-14,17-19,21H,3-12,15-16H2,1-2H3;9-10,13-14,18,20H,3-8,11-12,15-16H2,1-2H3;11-16H,3-10H2,1-2H3;1H. The third kappa shape index (κ3) is 40.0. The van der Waals surface area contributed by atoms with E-state index < -0.39 is 17.6 Å². The SMILES string of the molecule is CCCCCC1CCC(c2ccc(CCC)cc2)CC1.CCCCCC1CCC(c2ccc(OC)cc2)CC1.CCCCCc1ccc(C(=O)OC2CCC(CCCCC)CC2)c(F)c1C.CCCCCc1ccc(OC(=O)C2CCC(CCCCC)CC2)c(F)c1.CCCCCc1ccc(OC(=O)C2CCC(CCCCC)CC2)cc1.F. The lowest BCUT2D eigenvalue weighted by Crippen LogP contribution is -2.26. The van der Waals surface area contributed by atoms with E-state index in [-0.39, 0.29) is 45.9 Å². The Morgan fingerprint density at radius 3 is 1.10 bits per heavy atom. The molecule has 0 spiro atoms. The largest absolute Gasteiger partial charge is 0.497 e. The van der Waals surface area contributed by atoms with Crippen LogP contribution in [0.1, 0.15) is 444 Å². The first-order valence-corrected chi connectivity index (χ1v) is 49.1. The van der Waals surface area contributed by atoms with Gasteiger partial charge in [-0.25, -0.2) is 13.6 Å². The average molecular weight is 1640 g/mol. The van der Waals surface area contributed by atoms with Crippen LogP contribution in [0.4, 0.5) is 13.5 Å². The molecule has 5 saturated carbocycles. The first kappa shape index (κ1) is 103. The van der Waals surface area contributed by atoms with E-state index in [1.807, 2.05) is 24.3 Å². The lowest BCUT2D eigenvalue weighted by atomic mass is 9.77. The van der Waals surface area contributed by atoms with Crippen LogP contribution in [-0.2, 0) is 40.0 Å². The van der Waals surface area contributed by atoms with Crippen LogP contribution in [0.5, 0.6) is 17.2 Å². The predicted molar refractivity (Wildman–Crippen MR) is 493 cm³/mol. The van der Waals surface area contributed by atoms with Gasteiger partial charge < -0.3 is 18.9 Å². The Labute approximate surface area is 719 Å². The number of methoxy groups -OCH3 is 1. The molecule has 0 saturated heterocycles. The maximum absolute atomic E-state index is 14.7. The number of hydrogen-bond donors (Lipinski definition) is 0. The Bertz CT molecular complexity index is 3360. The molecule has 0 aliphatic heterocycles. The van der Waals surface area contributed by atoms with Gasteiger partial charge in [0.1, 0.15) is 23.4 Å². The molecule has 5 aliphatic carbocycles. The molecule has 0 amide bonds. The van der Waals surface area contributed by atoms with E-state index in [1.165, 1.54) is 247 Å². The van der Waals surface area contributed by atoms with Crippen LogP contribution in [0.2, 0.25) is 0 Å². The van der Waals surface area contributed by atoms with Gasteiger partial charge in [-0.3, -0.25) is 14.3 Å². The molecule has 0 bridgehead atoms. The van der Waals surface area contributed by atoms with Crippen molar-refractivity contribution < 1.29 is 46.8 Å². The van der Waals surface area contributed by atoms with Crippen LogP contribution in [0.25, 0.3) is 0 Å². The van der Waals surface area contributed by atoms with E-state index in [1.54, 1.807) is 31.7 Å². The first-order chi connectivity index (χ1) is 57.1. The highest BCUT2D eigenvalue weighted by atomic mass is 19.1. The molecule has 7 nitrogen and oxygen atoms in total. The van der Waals surface area contributed by atoms with Gasteiger partial charge in [-0.05, 0) is 303 Å². The fourth-order valence-electron chi connectivity index (χ4n) is 19.0. The van der Waals surface area contributed by atoms with Gasteiger partial charge in [0.25, 0.3) is 0 Å². The lowest BCUT2D eigenvalue weighted by molar-refractivity contribution is -0.141. The van der Waals surface area contributed by atoms with E-state index in [0.29, 0.717) is 11.3 Å². The van der Waals surface area contributed by atoms with Crippen molar-refractivity contribution in [3.05, 3.63) is 159 Å². The van der Waals surface area contributed by atoms with Gasteiger partial charge in [0.2, 0.25) is 0 Å². The van der Waals surface area contributed by atoms with Crippen molar-refractivity contribution >= 4 is 17.9 Å². The second-order valence-corrected chi connectivity index (χ2v) is 36.5. The van der Waals surface area contributed by atoms with Crippen LogP contribution in [0.3, 0.4) is 0 Å². The van der Waals surface area contributed by atoms with Gasteiger partial charge in [0, 0.05) is 0 Å². The normalized spacial score (nSPS) is 20.9. The number of hydrogen-bond acceptors (Lipinski definition) is 7. The molecule has 5 aromatic carbocycles. The third-order valence-electron chi connectivity index (χ3n) is 27.0. The van der Waals surface area contributed by atoms with Crippen molar-refractivity contribution in [1.82, 2.24) is 0 Å². The molecule has 0 unspecified atom stereocenters. The van der Waals surface area contributed by atoms with Crippen molar-refractivity contribution in [1.29, 1.82) is 0 Å². The minimum Gasteiger partial charge on any atom is -0.497 e. The number of esters is 3. The monoisotopic (exact) mass is 1640 g/mol. The van der Waals surface area contributed by atoms with Crippen LogP contribution in [0, 0.1) is 60.0 Å². The molecule has 0 aromatic heterocycles. The topological polar surface area (TPSA) is 88.1 Å². The average Bonchev–Trinajstić information content (AvgIpc) is 0.823. The summed E-state index contributed by atoms with van der Waals surface area (Å²) in [5.41, 5.74) is 8.61. The van der Waals surface area contributed by atoms with E-state index in [9.17, 15) is 23.2 Å². The number of rotatable bonds is 43. The molecule has 0 N–H and O–H groups in total. The summed E-state index contributed by atoms with van der Waals surface area (Å²) in [5, 5.41) is 0. The summed E-state index contributed by atoms with van der Waals surface area (Å²) in [5.74, 6) is 6.21. The van der Waals surface area contributed by atoms with Gasteiger partial charge in [0.05, 0.1) is 24.5 Å². The van der Waals surface area contributed by atoms with Gasteiger partial charge in [-0.15, -0.1) is 0 Å². The molecule has 10 rings (SSSR count). The Balaban J connectivity index is 0.000000264. The predicted octanol–water partition coefficient (Wildman–Crippen LogP) is 32.9. The minimum absolute atomic E-state index is 0. The molecule has 10 heteroatoms. The highest BCUT2D eigenvalue weighted by molar-refractivity contribution is 5.90. The zero-order valence-electron chi connectivity index (χ0n) is 76.8. The quantitative estimate of drug-likeness (QED) is 0.0218.